The molecule has 0 aromatic heterocycles. The monoisotopic (exact) mass is 356 g/mol. The second-order valence-corrected chi connectivity index (χ2v) is 5.24. The van der Waals surface area contributed by atoms with Gasteiger partial charge in [0.15, 0.2) is 0 Å². The van der Waals surface area contributed by atoms with E-state index in [1.807, 2.05) is 30.3 Å². The van der Waals surface area contributed by atoms with Crippen LogP contribution in [0.1, 0.15) is 11.1 Å². The zero-order valence-electron chi connectivity index (χ0n) is 13.4. The number of hydrogen-bond acceptors (Lipinski definition) is 3. The van der Waals surface area contributed by atoms with Gasteiger partial charge in [-0.2, -0.15) is 0 Å². The summed E-state index contributed by atoms with van der Waals surface area (Å²) < 4.78 is 5.07. The number of alkyl halides is 1. The third-order valence-electron chi connectivity index (χ3n) is 3.06. The first-order valence-corrected chi connectivity index (χ1v) is 8.10. The van der Waals surface area contributed by atoms with Gasteiger partial charge >= 0.3 is 6.09 Å². The predicted octanol–water partition coefficient (Wildman–Crippen LogP) is 3.14. The van der Waals surface area contributed by atoms with Gasteiger partial charge in [0.1, 0.15) is 12.5 Å². The third-order valence-corrected chi connectivity index (χ3v) is 3.30. The molecule has 0 saturated carbocycles. The van der Waals surface area contributed by atoms with Crippen LogP contribution in [0.5, 0.6) is 0 Å². The smallest absolute Gasteiger partial charge is 0.408 e. The van der Waals surface area contributed by atoms with Gasteiger partial charge in [0.05, 0.1) is 6.54 Å². The summed E-state index contributed by atoms with van der Waals surface area (Å²) in [4.78, 5) is 22.7. The summed E-state index contributed by atoms with van der Waals surface area (Å²) in [5.41, 5.74) is 2.34. The number of carbonyl (C=O) groups is 2. The fourth-order valence-corrected chi connectivity index (χ4v) is 1.93. The van der Waals surface area contributed by atoms with Gasteiger partial charge in [-0.15, -0.1) is 11.6 Å². The highest BCUT2D eigenvalue weighted by atomic mass is 35.5. The Morgan fingerprint density at radius 3 is 2.44 bits per heavy atom. The van der Waals surface area contributed by atoms with Gasteiger partial charge in [0.2, 0.25) is 5.91 Å². The SMILES string of the molecule is O=C(CCl)Nc1ccc(C#CCNC(=O)OCc2ccccc2)cc1. The number of benzene rings is 2. The van der Waals surface area contributed by atoms with E-state index in [4.69, 9.17) is 16.3 Å². The van der Waals surface area contributed by atoms with Crippen molar-refractivity contribution in [1.29, 1.82) is 0 Å². The Kier molecular flexibility index (Phi) is 7.36. The van der Waals surface area contributed by atoms with Gasteiger partial charge in [-0.05, 0) is 29.8 Å². The van der Waals surface area contributed by atoms with Crippen molar-refractivity contribution >= 4 is 29.3 Å². The van der Waals surface area contributed by atoms with Gasteiger partial charge in [-0.3, -0.25) is 4.79 Å². The topological polar surface area (TPSA) is 67.4 Å². The Morgan fingerprint density at radius 2 is 1.76 bits per heavy atom. The summed E-state index contributed by atoms with van der Waals surface area (Å²) in [6, 6.07) is 16.4. The molecule has 0 radical (unpaired) electrons. The minimum absolute atomic E-state index is 0.0897. The number of alkyl carbamates (subject to hydrolysis) is 1. The quantitative estimate of drug-likeness (QED) is 0.639. The second-order valence-electron chi connectivity index (χ2n) is 4.98. The van der Waals surface area contributed by atoms with Crippen molar-refractivity contribution in [2.24, 2.45) is 0 Å². The van der Waals surface area contributed by atoms with Crippen LogP contribution >= 0.6 is 11.6 Å². The molecule has 0 spiro atoms. The van der Waals surface area contributed by atoms with Crippen LogP contribution in [0.4, 0.5) is 10.5 Å². The molecule has 0 bridgehead atoms. The van der Waals surface area contributed by atoms with Crippen molar-refractivity contribution in [1.82, 2.24) is 5.32 Å². The van der Waals surface area contributed by atoms with Gasteiger partial charge in [-0.25, -0.2) is 4.79 Å². The van der Waals surface area contributed by atoms with Crippen LogP contribution in [0.3, 0.4) is 0 Å². The van der Waals surface area contributed by atoms with Crippen molar-refractivity contribution in [2.75, 3.05) is 17.7 Å². The molecule has 0 aliphatic heterocycles. The standard InChI is InChI=1S/C19H17ClN2O3/c20-13-18(23)22-17-10-8-15(9-11-17)7-4-12-21-19(24)25-14-16-5-2-1-3-6-16/h1-3,5-6,8-11H,12-14H2,(H,21,24)(H,22,23). The largest absolute Gasteiger partial charge is 0.445 e. The maximum absolute atomic E-state index is 11.6. The number of nitrogens with one attached hydrogen (secondary N) is 2. The van der Waals surface area contributed by atoms with Gasteiger partial charge in [0.25, 0.3) is 0 Å². The Bertz CT molecular complexity index is 765. The maximum Gasteiger partial charge on any atom is 0.408 e. The number of rotatable bonds is 5. The van der Waals surface area contributed by atoms with E-state index in [9.17, 15) is 9.59 Å². The lowest BCUT2D eigenvalue weighted by Gasteiger charge is -2.04. The van der Waals surface area contributed by atoms with E-state index in [1.54, 1.807) is 24.3 Å². The summed E-state index contributed by atoms with van der Waals surface area (Å²) in [7, 11) is 0. The Hall–Kier alpha value is -2.97. The molecule has 0 saturated heterocycles. The number of ether oxygens (including phenoxy) is 1. The first-order valence-electron chi connectivity index (χ1n) is 7.56. The number of hydrogen-bond donors (Lipinski definition) is 2. The molecule has 2 aromatic rings. The average Bonchev–Trinajstić information content (AvgIpc) is 2.65. The highest BCUT2D eigenvalue weighted by Crippen LogP contribution is 2.08. The van der Waals surface area contributed by atoms with Crippen LogP contribution in [0.15, 0.2) is 54.6 Å². The fourth-order valence-electron chi connectivity index (χ4n) is 1.87. The van der Waals surface area contributed by atoms with E-state index < -0.39 is 6.09 Å². The minimum atomic E-state index is -0.516. The van der Waals surface area contributed by atoms with E-state index in [2.05, 4.69) is 22.5 Å². The number of carbonyl (C=O) groups excluding carboxylic acids is 2. The molecule has 0 atom stereocenters. The summed E-state index contributed by atoms with van der Waals surface area (Å²) >= 11 is 5.42. The first-order chi connectivity index (χ1) is 12.2. The van der Waals surface area contributed by atoms with Crippen LogP contribution < -0.4 is 10.6 Å². The molecule has 25 heavy (non-hydrogen) atoms. The van der Waals surface area contributed by atoms with E-state index in [0.29, 0.717) is 5.69 Å². The van der Waals surface area contributed by atoms with Gasteiger partial charge in [-0.1, -0.05) is 42.2 Å². The highest BCUT2D eigenvalue weighted by Gasteiger charge is 2.00. The zero-order valence-corrected chi connectivity index (χ0v) is 14.2. The van der Waals surface area contributed by atoms with Crippen LogP contribution in [-0.4, -0.2) is 24.4 Å². The molecule has 0 heterocycles. The van der Waals surface area contributed by atoms with Gasteiger partial charge < -0.3 is 15.4 Å². The fraction of sp³-hybridized carbons (Fsp3) is 0.158. The van der Waals surface area contributed by atoms with Crippen LogP contribution in [-0.2, 0) is 16.1 Å². The minimum Gasteiger partial charge on any atom is -0.445 e. The zero-order chi connectivity index (χ0) is 17.9. The third kappa shape index (κ3) is 6.98. The van der Waals surface area contributed by atoms with Crippen molar-refractivity contribution < 1.29 is 14.3 Å². The molecule has 0 aliphatic carbocycles. The molecule has 2 rings (SSSR count). The lowest BCUT2D eigenvalue weighted by molar-refractivity contribution is -0.113. The number of anilines is 1. The molecule has 0 aliphatic rings. The van der Waals surface area contributed by atoms with E-state index in [0.717, 1.165) is 11.1 Å². The second kappa shape index (κ2) is 10.0. The normalized spacial score (nSPS) is 9.48. The molecule has 5 nitrogen and oxygen atoms in total. The lowest BCUT2D eigenvalue weighted by atomic mass is 10.2. The molecular weight excluding hydrogens is 340 g/mol. The molecular formula is C19H17ClN2O3. The van der Waals surface area contributed by atoms with E-state index >= 15 is 0 Å². The Labute approximate surface area is 151 Å². The summed E-state index contributed by atoms with van der Waals surface area (Å²) in [5, 5.41) is 5.20. The predicted molar refractivity (Wildman–Crippen MR) is 97.3 cm³/mol. The summed E-state index contributed by atoms with van der Waals surface area (Å²) in [6.07, 6.45) is -0.516. The van der Waals surface area contributed by atoms with Crippen LogP contribution in [0.25, 0.3) is 0 Å². The summed E-state index contributed by atoms with van der Waals surface area (Å²) in [5.74, 6) is 5.39. The molecule has 2 amide bonds. The van der Waals surface area contributed by atoms with Crippen LogP contribution in [0.2, 0.25) is 0 Å². The van der Waals surface area contributed by atoms with Crippen molar-refractivity contribution in [3.05, 3.63) is 65.7 Å². The van der Waals surface area contributed by atoms with Crippen molar-refractivity contribution in [2.45, 2.75) is 6.61 Å². The molecule has 2 N–H and O–H groups in total. The first kappa shape index (κ1) is 18.4. The highest BCUT2D eigenvalue weighted by molar-refractivity contribution is 6.29. The summed E-state index contributed by atoms with van der Waals surface area (Å²) in [6.45, 7) is 0.397. The molecule has 0 fully saturated rings. The molecule has 2 aromatic carbocycles. The average molecular weight is 357 g/mol. The Morgan fingerprint density at radius 1 is 1.04 bits per heavy atom. The lowest BCUT2D eigenvalue weighted by Crippen LogP contribution is -2.24. The molecule has 0 unspecified atom stereocenters. The maximum atomic E-state index is 11.6. The van der Waals surface area contributed by atoms with E-state index in [1.165, 1.54) is 0 Å². The number of amides is 2. The van der Waals surface area contributed by atoms with E-state index in [-0.39, 0.29) is 24.9 Å². The number of halogens is 1. The van der Waals surface area contributed by atoms with Crippen LogP contribution in [0, 0.1) is 11.8 Å². The van der Waals surface area contributed by atoms with Gasteiger partial charge in [0, 0.05) is 11.3 Å². The molecule has 6 heteroatoms. The molecule has 128 valence electrons. The Balaban J connectivity index is 1.72. The van der Waals surface area contributed by atoms with Crippen molar-refractivity contribution in [3.8, 4) is 11.8 Å². The van der Waals surface area contributed by atoms with Crippen molar-refractivity contribution in [3.63, 3.8) is 0 Å².